The molecule has 2 aromatic rings. The number of fused-ring (bicyclic) bond motifs is 1. The predicted octanol–water partition coefficient (Wildman–Crippen LogP) is 4.30. The monoisotopic (exact) mass is 279 g/mol. The van der Waals surface area contributed by atoms with Gasteiger partial charge in [-0.25, -0.2) is 0 Å². The van der Waals surface area contributed by atoms with Crippen LogP contribution in [0.5, 0.6) is 0 Å². The van der Waals surface area contributed by atoms with Crippen molar-refractivity contribution in [3.8, 4) is 0 Å². The van der Waals surface area contributed by atoms with E-state index in [9.17, 15) is 0 Å². The summed E-state index contributed by atoms with van der Waals surface area (Å²) in [6.07, 6.45) is 4.91. The van der Waals surface area contributed by atoms with Crippen LogP contribution in [0.2, 0.25) is 0 Å². The Hall–Kier alpha value is -1.60. The highest BCUT2D eigenvalue weighted by molar-refractivity contribution is 5.38. The average molecular weight is 279 g/mol. The molecule has 0 amide bonds. The van der Waals surface area contributed by atoms with Crippen LogP contribution in [0.1, 0.15) is 45.8 Å². The molecule has 0 spiro atoms. The summed E-state index contributed by atoms with van der Waals surface area (Å²) in [7, 11) is 2.07. The number of benzene rings is 2. The fourth-order valence-electron chi connectivity index (χ4n) is 3.57. The molecule has 1 aliphatic carbocycles. The largest absolute Gasteiger partial charge is 0.313 e. The van der Waals surface area contributed by atoms with Gasteiger partial charge in [-0.15, -0.1) is 0 Å². The van der Waals surface area contributed by atoms with Crippen molar-refractivity contribution in [3.63, 3.8) is 0 Å². The topological polar surface area (TPSA) is 12.0 Å². The highest BCUT2D eigenvalue weighted by atomic mass is 14.9. The molecule has 1 heteroatoms. The Morgan fingerprint density at radius 1 is 1.00 bits per heavy atom. The molecule has 0 fully saturated rings. The third kappa shape index (κ3) is 3.03. The standard InChI is InChI=1S/C20H25N/c1-14-7-10-19(15(2)11-14)20(21-3)13-16-8-9-17-5-4-6-18(17)12-16/h7-12,20-21H,4-6,13H2,1-3H3. The Balaban J connectivity index is 1.84. The number of likely N-dealkylation sites (N-methyl/N-ethyl adjacent to an activating group) is 1. The molecule has 21 heavy (non-hydrogen) atoms. The lowest BCUT2D eigenvalue weighted by Crippen LogP contribution is -2.20. The minimum Gasteiger partial charge on any atom is -0.313 e. The molecule has 3 rings (SSSR count). The van der Waals surface area contributed by atoms with Crippen LogP contribution in [0.25, 0.3) is 0 Å². The van der Waals surface area contributed by atoms with E-state index in [1.807, 2.05) is 0 Å². The van der Waals surface area contributed by atoms with Gasteiger partial charge in [0, 0.05) is 6.04 Å². The highest BCUT2D eigenvalue weighted by Crippen LogP contribution is 2.26. The molecule has 0 saturated carbocycles. The van der Waals surface area contributed by atoms with Gasteiger partial charge in [0.1, 0.15) is 0 Å². The van der Waals surface area contributed by atoms with Gasteiger partial charge in [0.2, 0.25) is 0 Å². The summed E-state index contributed by atoms with van der Waals surface area (Å²) in [4.78, 5) is 0. The van der Waals surface area contributed by atoms with E-state index in [1.165, 1.54) is 41.5 Å². The fraction of sp³-hybridized carbons (Fsp3) is 0.400. The zero-order valence-corrected chi connectivity index (χ0v) is 13.4. The number of nitrogens with one attached hydrogen (secondary N) is 1. The smallest absolute Gasteiger partial charge is 0.0361 e. The molecule has 1 N–H and O–H groups in total. The van der Waals surface area contributed by atoms with Crippen LogP contribution in [0.15, 0.2) is 36.4 Å². The molecule has 0 saturated heterocycles. The number of hydrogen-bond acceptors (Lipinski definition) is 1. The van der Waals surface area contributed by atoms with E-state index in [0.717, 1.165) is 6.42 Å². The molecule has 0 bridgehead atoms. The molecule has 1 nitrogen and oxygen atoms in total. The van der Waals surface area contributed by atoms with Crippen molar-refractivity contribution >= 4 is 0 Å². The van der Waals surface area contributed by atoms with Gasteiger partial charge in [-0.05, 0) is 74.4 Å². The van der Waals surface area contributed by atoms with Gasteiger partial charge in [0.05, 0.1) is 0 Å². The van der Waals surface area contributed by atoms with E-state index >= 15 is 0 Å². The first kappa shape index (κ1) is 14.3. The average Bonchev–Trinajstić information content (AvgIpc) is 2.93. The maximum atomic E-state index is 3.49. The van der Waals surface area contributed by atoms with Gasteiger partial charge < -0.3 is 5.32 Å². The number of hydrogen-bond donors (Lipinski definition) is 1. The molecule has 0 heterocycles. The summed E-state index contributed by atoms with van der Waals surface area (Å²) in [6.45, 7) is 4.38. The van der Waals surface area contributed by atoms with E-state index in [2.05, 4.69) is 62.6 Å². The second-order valence-electron chi connectivity index (χ2n) is 6.36. The van der Waals surface area contributed by atoms with E-state index in [0.29, 0.717) is 6.04 Å². The molecule has 0 aliphatic heterocycles. The van der Waals surface area contributed by atoms with Crippen LogP contribution in [-0.2, 0) is 19.3 Å². The van der Waals surface area contributed by atoms with Crippen molar-refractivity contribution in [2.24, 2.45) is 0 Å². The molecule has 110 valence electrons. The van der Waals surface area contributed by atoms with Gasteiger partial charge >= 0.3 is 0 Å². The van der Waals surface area contributed by atoms with Gasteiger partial charge in [0.25, 0.3) is 0 Å². The first-order chi connectivity index (χ1) is 10.2. The molecule has 1 unspecified atom stereocenters. The lowest BCUT2D eigenvalue weighted by molar-refractivity contribution is 0.588. The number of rotatable bonds is 4. The minimum absolute atomic E-state index is 0.394. The molecule has 0 aromatic heterocycles. The molecular weight excluding hydrogens is 254 g/mol. The third-order valence-corrected chi connectivity index (χ3v) is 4.75. The van der Waals surface area contributed by atoms with Crippen LogP contribution in [0, 0.1) is 13.8 Å². The van der Waals surface area contributed by atoms with Gasteiger partial charge in [-0.1, -0.05) is 42.0 Å². The summed E-state index contributed by atoms with van der Waals surface area (Å²) in [6, 6.07) is 14.3. The van der Waals surface area contributed by atoms with Crippen LogP contribution in [0.4, 0.5) is 0 Å². The quantitative estimate of drug-likeness (QED) is 0.880. The SMILES string of the molecule is CNC(Cc1ccc2c(c1)CCC2)c1ccc(C)cc1C. The van der Waals surface area contributed by atoms with Crippen molar-refractivity contribution in [2.75, 3.05) is 7.05 Å². The highest BCUT2D eigenvalue weighted by Gasteiger charge is 2.15. The van der Waals surface area contributed by atoms with E-state index < -0.39 is 0 Å². The summed E-state index contributed by atoms with van der Waals surface area (Å²) >= 11 is 0. The normalized spacial score (nSPS) is 15.0. The number of aryl methyl sites for hydroxylation is 4. The first-order valence-electron chi connectivity index (χ1n) is 8.02. The third-order valence-electron chi connectivity index (χ3n) is 4.75. The Morgan fingerprint density at radius 2 is 1.81 bits per heavy atom. The van der Waals surface area contributed by atoms with Gasteiger partial charge in [0.15, 0.2) is 0 Å². The van der Waals surface area contributed by atoms with Crippen molar-refractivity contribution in [1.29, 1.82) is 0 Å². The van der Waals surface area contributed by atoms with Crippen LogP contribution in [-0.4, -0.2) is 7.05 Å². The van der Waals surface area contributed by atoms with Crippen LogP contribution in [0.3, 0.4) is 0 Å². The summed E-state index contributed by atoms with van der Waals surface area (Å²) < 4.78 is 0. The van der Waals surface area contributed by atoms with Crippen LogP contribution >= 0.6 is 0 Å². The molecule has 1 atom stereocenters. The van der Waals surface area contributed by atoms with Gasteiger partial charge in [-0.2, -0.15) is 0 Å². The lowest BCUT2D eigenvalue weighted by atomic mass is 9.93. The van der Waals surface area contributed by atoms with Crippen molar-refractivity contribution in [3.05, 3.63) is 69.8 Å². The molecular formula is C20H25N. The van der Waals surface area contributed by atoms with E-state index in [-0.39, 0.29) is 0 Å². The molecule has 1 aliphatic rings. The fourth-order valence-corrected chi connectivity index (χ4v) is 3.57. The van der Waals surface area contributed by atoms with Crippen molar-refractivity contribution in [2.45, 2.75) is 45.6 Å². The summed E-state index contributed by atoms with van der Waals surface area (Å²) in [5, 5.41) is 3.49. The summed E-state index contributed by atoms with van der Waals surface area (Å²) in [5.74, 6) is 0. The van der Waals surface area contributed by atoms with Crippen LogP contribution < -0.4 is 5.32 Å². The first-order valence-corrected chi connectivity index (χ1v) is 8.02. The minimum atomic E-state index is 0.394. The van der Waals surface area contributed by atoms with Crippen molar-refractivity contribution < 1.29 is 0 Å². The summed E-state index contributed by atoms with van der Waals surface area (Å²) in [5.41, 5.74) is 8.73. The zero-order chi connectivity index (χ0) is 14.8. The Bertz CT molecular complexity index is 642. The van der Waals surface area contributed by atoms with E-state index in [1.54, 1.807) is 11.1 Å². The second-order valence-corrected chi connectivity index (χ2v) is 6.36. The predicted molar refractivity (Wildman–Crippen MR) is 89.9 cm³/mol. The Kier molecular flexibility index (Phi) is 4.12. The Labute approximate surface area is 128 Å². The van der Waals surface area contributed by atoms with Gasteiger partial charge in [-0.3, -0.25) is 0 Å². The second kappa shape index (κ2) is 6.03. The maximum Gasteiger partial charge on any atom is 0.0361 e. The Morgan fingerprint density at radius 3 is 2.57 bits per heavy atom. The lowest BCUT2D eigenvalue weighted by Gasteiger charge is -2.20. The zero-order valence-electron chi connectivity index (χ0n) is 13.4. The van der Waals surface area contributed by atoms with Crippen molar-refractivity contribution in [1.82, 2.24) is 5.32 Å². The maximum absolute atomic E-state index is 3.49. The van der Waals surface area contributed by atoms with E-state index in [4.69, 9.17) is 0 Å². The molecule has 0 radical (unpaired) electrons. The molecule has 2 aromatic carbocycles.